The van der Waals surface area contributed by atoms with Crippen molar-refractivity contribution in [3.05, 3.63) is 98.4 Å². The molecule has 1 aromatic heterocycles. The summed E-state index contributed by atoms with van der Waals surface area (Å²) in [5, 5.41) is 3.50. The van der Waals surface area contributed by atoms with Gasteiger partial charge in [0.05, 0.1) is 21.3 Å². The van der Waals surface area contributed by atoms with Crippen molar-refractivity contribution in [2.45, 2.75) is 0 Å². The number of H-pyrrole nitrogens is 1. The number of carbonyl (C=O) groups is 2. The predicted octanol–water partition coefficient (Wildman–Crippen LogP) is 6.75. The molecule has 4 nitrogen and oxygen atoms in total. The molecular formula is C22H12Cl3FN2O2. The number of carbonyl (C=O) groups excluding carboxylic acids is 2. The summed E-state index contributed by atoms with van der Waals surface area (Å²) in [5.41, 5.74) is 1.29. The summed E-state index contributed by atoms with van der Waals surface area (Å²) in [4.78, 5) is 29.0. The molecule has 4 rings (SSSR count). The molecule has 1 amide bonds. The molecule has 4 aromatic rings. The van der Waals surface area contributed by atoms with Crippen molar-refractivity contribution in [2.24, 2.45) is 0 Å². The molecule has 0 radical (unpaired) electrons. The first-order valence-corrected chi connectivity index (χ1v) is 9.85. The number of nitrogens with one attached hydrogen (secondary N) is 2. The van der Waals surface area contributed by atoms with Crippen LogP contribution in [0, 0.1) is 5.82 Å². The van der Waals surface area contributed by atoms with Gasteiger partial charge in [-0.3, -0.25) is 9.59 Å². The summed E-state index contributed by atoms with van der Waals surface area (Å²) in [6.45, 7) is 0. The van der Waals surface area contributed by atoms with Crippen molar-refractivity contribution in [1.82, 2.24) is 4.98 Å². The lowest BCUT2D eigenvalue weighted by Crippen LogP contribution is -2.15. The Morgan fingerprint density at radius 3 is 2.37 bits per heavy atom. The number of ketones is 1. The van der Waals surface area contributed by atoms with Gasteiger partial charge in [-0.2, -0.15) is 0 Å². The standard InChI is InChI=1S/C22H12Cl3FN2O2/c23-12-6-7-13-18(8-12)27-20(21(29)11-4-2-1-3-5-11)19(13)28-22(30)14-9-17(26)16(25)10-15(14)24/h1-10,27H,(H,28,30). The maximum atomic E-state index is 13.9. The van der Waals surface area contributed by atoms with Gasteiger partial charge in [-0.05, 0) is 30.3 Å². The molecule has 0 atom stereocenters. The number of fused-ring (bicyclic) bond motifs is 1. The lowest BCUT2D eigenvalue weighted by Gasteiger charge is -2.09. The highest BCUT2D eigenvalue weighted by atomic mass is 35.5. The molecule has 30 heavy (non-hydrogen) atoms. The van der Waals surface area contributed by atoms with Crippen LogP contribution in [0.3, 0.4) is 0 Å². The zero-order valence-corrected chi connectivity index (χ0v) is 17.4. The van der Waals surface area contributed by atoms with E-state index in [4.69, 9.17) is 34.8 Å². The fourth-order valence-electron chi connectivity index (χ4n) is 3.08. The van der Waals surface area contributed by atoms with Gasteiger partial charge < -0.3 is 10.3 Å². The first kappa shape index (κ1) is 20.4. The summed E-state index contributed by atoms with van der Waals surface area (Å²) >= 11 is 17.8. The first-order valence-electron chi connectivity index (χ1n) is 8.72. The van der Waals surface area contributed by atoms with Crippen molar-refractivity contribution in [2.75, 3.05) is 5.32 Å². The summed E-state index contributed by atoms with van der Waals surface area (Å²) in [6.07, 6.45) is 0. The lowest BCUT2D eigenvalue weighted by molar-refractivity contribution is 0.102. The highest BCUT2D eigenvalue weighted by Crippen LogP contribution is 2.33. The highest BCUT2D eigenvalue weighted by molar-refractivity contribution is 6.37. The van der Waals surface area contributed by atoms with E-state index < -0.39 is 11.7 Å². The van der Waals surface area contributed by atoms with Crippen molar-refractivity contribution in [3.8, 4) is 0 Å². The largest absolute Gasteiger partial charge is 0.350 e. The van der Waals surface area contributed by atoms with E-state index in [9.17, 15) is 14.0 Å². The molecule has 150 valence electrons. The van der Waals surface area contributed by atoms with Gasteiger partial charge in [-0.15, -0.1) is 0 Å². The number of benzene rings is 3. The lowest BCUT2D eigenvalue weighted by atomic mass is 10.1. The van der Waals surface area contributed by atoms with E-state index in [0.29, 0.717) is 21.5 Å². The van der Waals surface area contributed by atoms with E-state index in [0.717, 1.165) is 12.1 Å². The van der Waals surface area contributed by atoms with Crippen LogP contribution >= 0.6 is 34.8 Å². The Bertz CT molecular complexity index is 1300. The van der Waals surface area contributed by atoms with Crippen LogP contribution in [-0.2, 0) is 0 Å². The zero-order valence-electron chi connectivity index (χ0n) is 15.1. The molecule has 0 aliphatic heterocycles. The second-order valence-corrected chi connectivity index (χ2v) is 7.71. The molecule has 0 aliphatic rings. The van der Waals surface area contributed by atoms with Gasteiger partial charge in [0.15, 0.2) is 0 Å². The van der Waals surface area contributed by atoms with E-state index in [1.165, 1.54) is 0 Å². The van der Waals surface area contributed by atoms with Crippen molar-refractivity contribution in [3.63, 3.8) is 0 Å². The summed E-state index contributed by atoms with van der Waals surface area (Å²) < 4.78 is 13.9. The molecule has 1 heterocycles. The molecule has 8 heteroatoms. The van der Waals surface area contributed by atoms with Crippen LogP contribution in [-0.4, -0.2) is 16.7 Å². The Morgan fingerprint density at radius 1 is 0.900 bits per heavy atom. The van der Waals surface area contributed by atoms with E-state index in [1.54, 1.807) is 48.5 Å². The highest BCUT2D eigenvalue weighted by Gasteiger charge is 2.23. The molecule has 0 saturated heterocycles. The normalized spacial score (nSPS) is 10.9. The molecule has 0 spiro atoms. The van der Waals surface area contributed by atoms with Gasteiger partial charge in [0.25, 0.3) is 5.91 Å². The molecule has 2 N–H and O–H groups in total. The number of hydrogen-bond acceptors (Lipinski definition) is 2. The van der Waals surface area contributed by atoms with Crippen LogP contribution in [0.25, 0.3) is 10.9 Å². The van der Waals surface area contributed by atoms with Crippen LogP contribution in [0.2, 0.25) is 15.1 Å². The Hall–Kier alpha value is -2.86. The third-order valence-electron chi connectivity index (χ3n) is 4.52. The number of hydrogen-bond donors (Lipinski definition) is 2. The number of aromatic amines is 1. The second kappa shape index (κ2) is 8.11. The van der Waals surface area contributed by atoms with Gasteiger partial charge in [0, 0.05) is 21.5 Å². The number of amides is 1. The van der Waals surface area contributed by atoms with Crippen LogP contribution < -0.4 is 5.32 Å². The monoisotopic (exact) mass is 460 g/mol. The molecule has 0 aliphatic carbocycles. The minimum atomic E-state index is -0.780. The van der Waals surface area contributed by atoms with Crippen LogP contribution in [0.15, 0.2) is 60.7 Å². The number of halogens is 4. The Kier molecular flexibility index (Phi) is 5.52. The number of anilines is 1. The van der Waals surface area contributed by atoms with Gasteiger partial charge in [0.1, 0.15) is 11.5 Å². The third-order valence-corrected chi connectivity index (χ3v) is 5.35. The SMILES string of the molecule is O=C(Nc1c(C(=O)c2ccccc2)[nH]c2cc(Cl)ccc12)c1cc(F)c(Cl)cc1Cl. The minimum absolute atomic E-state index is 0.0160. The van der Waals surface area contributed by atoms with Crippen LogP contribution in [0.4, 0.5) is 10.1 Å². The average molecular weight is 462 g/mol. The van der Waals surface area contributed by atoms with Crippen LogP contribution in [0.1, 0.15) is 26.4 Å². The maximum absolute atomic E-state index is 13.9. The Balaban J connectivity index is 1.82. The molecule has 3 aromatic carbocycles. The van der Waals surface area contributed by atoms with Crippen molar-refractivity contribution >= 4 is 63.1 Å². The first-order chi connectivity index (χ1) is 14.3. The Morgan fingerprint density at radius 2 is 1.63 bits per heavy atom. The molecule has 0 unspecified atom stereocenters. The van der Waals surface area contributed by atoms with E-state index in [1.807, 2.05) is 0 Å². The van der Waals surface area contributed by atoms with Gasteiger partial charge in [-0.25, -0.2) is 4.39 Å². The quantitative estimate of drug-likeness (QED) is 0.261. The fourth-order valence-corrected chi connectivity index (χ4v) is 3.72. The molecule has 0 bridgehead atoms. The zero-order chi connectivity index (χ0) is 21.4. The van der Waals surface area contributed by atoms with Crippen molar-refractivity contribution in [1.29, 1.82) is 0 Å². The van der Waals surface area contributed by atoms with Crippen LogP contribution in [0.5, 0.6) is 0 Å². The third kappa shape index (κ3) is 3.79. The summed E-state index contributed by atoms with van der Waals surface area (Å²) in [5.74, 6) is -1.79. The maximum Gasteiger partial charge on any atom is 0.257 e. The number of aromatic nitrogens is 1. The van der Waals surface area contributed by atoms with Crippen molar-refractivity contribution < 1.29 is 14.0 Å². The summed E-state index contributed by atoms with van der Waals surface area (Å²) in [6, 6.07) is 15.7. The average Bonchev–Trinajstić information content (AvgIpc) is 3.08. The number of rotatable bonds is 4. The second-order valence-electron chi connectivity index (χ2n) is 6.46. The summed E-state index contributed by atoms with van der Waals surface area (Å²) in [7, 11) is 0. The molecule has 0 fully saturated rings. The molecular weight excluding hydrogens is 450 g/mol. The Labute approximate surface area is 185 Å². The van der Waals surface area contributed by atoms with Gasteiger partial charge in [-0.1, -0.05) is 65.1 Å². The van der Waals surface area contributed by atoms with E-state index in [-0.39, 0.29) is 32.8 Å². The smallest absolute Gasteiger partial charge is 0.257 e. The fraction of sp³-hybridized carbons (Fsp3) is 0. The minimum Gasteiger partial charge on any atom is -0.350 e. The topological polar surface area (TPSA) is 62.0 Å². The predicted molar refractivity (Wildman–Crippen MR) is 118 cm³/mol. The van der Waals surface area contributed by atoms with Gasteiger partial charge in [0.2, 0.25) is 5.78 Å². The molecule has 0 saturated carbocycles. The van der Waals surface area contributed by atoms with E-state index >= 15 is 0 Å². The van der Waals surface area contributed by atoms with Gasteiger partial charge >= 0.3 is 0 Å². The van der Waals surface area contributed by atoms with E-state index in [2.05, 4.69) is 10.3 Å².